The van der Waals surface area contributed by atoms with Gasteiger partial charge >= 0.3 is 0 Å². The topological polar surface area (TPSA) is 38.1 Å². The van der Waals surface area contributed by atoms with Gasteiger partial charge in [0.15, 0.2) is 0 Å². The van der Waals surface area contributed by atoms with Crippen LogP contribution in [0.25, 0.3) is 0 Å². The van der Waals surface area contributed by atoms with E-state index in [4.69, 9.17) is 0 Å². The quantitative estimate of drug-likeness (QED) is 0.786. The second kappa shape index (κ2) is 4.90. The molecule has 1 fully saturated rings. The van der Waals surface area contributed by atoms with Crippen LogP contribution in [0.3, 0.4) is 0 Å². The Morgan fingerprint density at radius 1 is 1.41 bits per heavy atom. The van der Waals surface area contributed by atoms with E-state index in [0.717, 1.165) is 19.6 Å². The van der Waals surface area contributed by atoms with E-state index in [-0.39, 0.29) is 5.91 Å². The molecule has 94 valence electrons. The van der Waals surface area contributed by atoms with Gasteiger partial charge in [0.05, 0.1) is 0 Å². The zero-order chi connectivity index (χ0) is 12.4. The van der Waals surface area contributed by atoms with E-state index < -0.39 is 0 Å². The number of likely N-dealkylation sites (tertiary alicyclic amines) is 1. The first kappa shape index (κ1) is 12.1. The van der Waals surface area contributed by atoms with Gasteiger partial charge in [-0.2, -0.15) is 5.10 Å². The Morgan fingerprint density at radius 3 is 2.59 bits per heavy atom. The largest absolute Gasteiger partial charge is 0.337 e. The molecule has 1 aromatic heterocycles. The Kier molecular flexibility index (Phi) is 3.50. The molecule has 4 nitrogen and oxygen atoms in total. The molecule has 1 aromatic rings. The van der Waals surface area contributed by atoms with Crippen molar-refractivity contribution in [2.75, 3.05) is 13.1 Å². The Morgan fingerprint density at radius 2 is 2.06 bits per heavy atom. The fraction of sp³-hybridized carbons (Fsp3) is 0.692. The summed E-state index contributed by atoms with van der Waals surface area (Å²) in [5, 5.41) is 4.28. The average Bonchev–Trinajstić information content (AvgIpc) is 2.75. The van der Waals surface area contributed by atoms with Crippen LogP contribution in [0, 0.1) is 11.8 Å². The molecular weight excluding hydrogens is 214 g/mol. The van der Waals surface area contributed by atoms with Crippen molar-refractivity contribution in [3.63, 3.8) is 0 Å². The van der Waals surface area contributed by atoms with Crippen molar-refractivity contribution in [3.8, 4) is 0 Å². The summed E-state index contributed by atoms with van der Waals surface area (Å²) < 4.78 is 1.80. The maximum absolute atomic E-state index is 12.3. The number of aryl methyl sites for hydroxylation is 1. The summed E-state index contributed by atoms with van der Waals surface area (Å²) in [7, 11) is 0. The zero-order valence-corrected chi connectivity index (χ0v) is 10.9. The highest BCUT2D eigenvalue weighted by Crippen LogP contribution is 2.22. The second-order valence-electron chi connectivity index (χ2n) is 5.21. The Labute approximate surface area is 103 Å². The summed E-state index contributed by atoms with van der Waals surface area (Å²) in [4.78, 5) is 14.2. The number of hydrogen-bond acceptors (Lipinski definition) is 2. The standard InChI is InChI=1S/C13H21N3O/c1-4-16-6-5-12(14-16)13(17)15-8-10(2)7-11(3)9-15/h5-6,10-11H,4,7-9H2,1-3H3/t10-,11-/m1/s1. The third-order valence-corrected chi connectivity index (χ3v) is 3.34. The normalized spacial score (nSPS) is 25.0. The molecule has 2 rings (SSSR count). The van der Waals surface area contributed by atoms with E-state index in [9.17, 15) is 4.79 Å². The van der Waals surface area contributed by atoms with Gasteiger partial charge in [-0.25, -0.2) is 0 Å². The fourth-order valence-corrected chi connectivity index (χ4v) is 2.64. The number of aromatic nitrogens is 2. The average molecular weight is 235 g/mol. The number of carbonyl (C=O) groups is 1. The minimum atomic E-state index is 0.0793. The van der Waals surface area contributed by atoms with Crippen molar-refractivity contribution >= 4 is 5.91 Å². The molecule has 1 aliphatic heterocycles. The molecule has 0 spiro atoms. The molecule has 0 aliphatic carbocycles. The number of carbonyl (C=O) groups excluding carboxylic acids is 1. The molecule has 1 aliphatic rings. The first-order valence-electron chi connectivity index (χ1n) is 6.43. The lowest BCUT2D eigenvalue weighted by Crippen LogP contribution is -2.42. The van der Waals surface area contributed by atoms with Crippen LogP contribution < -0.4 is 0 Å². The molecule has 0 radical (unpaired) electrons. The Hall–Kier alpha value is -1.32. The van der Waals surface area contributed by atoms with Gasteiger partial charge in [-0.1, -0.05) is 13.8 Å². The van der Waals surface area contributed by atoms with Crippen molar-refractivity contribution in [2.24, 2.45) is 11.8 Å². The predicted molar refractivity (Wildman–Crippen MR) is 66.7 cm³/mol. The molecule has 1 amide bonds. The summed E-state index contributed by atoms with van der Waals surface area (Å²) in [5.41, 5.74) is 0.577. The predicted octanol–water partition coefficient (Wildman–Crippen LogP) is 2.02. The van der Waals surface area contributed by atoms with Crippen LogP contribution in [0.5, 0.6) is 0 Å². The van der Waals surface area contributed by atoms with E-state index in [0.29, 0.717) is 17.5 Å². The highest BCUT2D eigenvalue weighted by Gasteiger charge is 2.27. The molecule has 1 saturated heterocycles. The van der Waals surface area contributed by atoms with E-state index in [1.807, 2.05) is 24.1 Å². The second-order valence-corrected chi connectivity index (χ2v) is 5.21. The van der Waals surface area contributed by atoms with Gasteiger partial charge in [0.25, 0.3) is 5.91 Å². The van der Waals surface area contributed by atoms with Gasteiger partial charge in [0.2, 0.25) is 0 Å². The van der Waals surface area contributed by atoms with E-state index in [1.165, 1.54) is 6.42 Å². The third-order valence-electron chi connectivity index (χ3n) is 3.34. The van der Waals surface area contributed by atoms with Gasteiger partial charge in [-0.3, -0.25) is 9.48 Å². The van der Waals surface area contributed by atoms with E-state index >= 15 is 0 Å². The van der Waals surface area contributed by atoms with Gasteiger partial charge in [-0.05, 0) is 31.2 Å². The van der Waals surface area contributed by atoms with Crippen LogP contribution in [-0.4, -0.2) is 33.7 Å². The number of hydrogen-bond donors (Lipinski definition) is 0. The number of rotatable bonds is 2. The minimum Gasteiger partial charge on any atom is -0.337 e. The van der Waals surface area contributed by atoms with Crippen molar-refractivity contribution in [2.45, 2.75) is 33.7 Å². The smallest absolute Gasteiger partial charge is 0.274 e. The first-order chi connectivity index (χ1) is 8.10. The molecule has 0 saturated carbocycles. The van der Waals surface area contributed by atoms with Gasteiger partial charge in [0, 0.05) is 25.8 Å². The maximum atomic E-state index is 12.3. The maximum Gasteiger partial charge on any atom is 0.274 e. The van der Waals surface area contributed by atoms with Crippen LogP contribution >= 0.6 is 0 Å². The summed E-state index contributed by atoms with van der Waals surface area (Å²) in [6.45, 7) is 8.97. The van der Waals surface area contributed by atoms with Crippen LogP contribution in [0.2, 0.25) is 0 Å². The fourth-order valence-electron chi connectivity index (χ4n) is 2.64. The molecule has 0 N–H and O–H groups in total. The Balaban J connectivity index is 2.08. The van der Waals surface area contributed by atoms with Crippen molar-refractivity contribution in [1.82, 2.24) is 14.7 Å². The summed E-state index contributed by atoms with van der Waals surface area (Å²) in [6.07, 6.45) is 3.08. The molecule has 17 heavy (non-hydrogen) atoms. The molecule has 0 aromatic carbocycles. The number of amides is 1. The van der Waals surface area contributed by atoms with E-state index in [1.54, 1.807) is 4.68 Å². The van der Waals surface area contributed by atoms with Crippen LogP contribution in [0.4, 0.5) is 0 Å². The minimum absolute atomic E-state index is 0.0793. The first-order valence-corrected chi connectivity index (χ1v) is 6.43. The Bertz CT molecular complexity index is 389. The molecule has 2 atom stereocenters. The van der Waals surface area contributed by atoms with Gasteiger partial charge in [-0.15, -0.1) is 0 Å². The number of nitrogens with zero attached hydrogens (tertiary/aromatic N) is 3. The molecule has 0 bridgehead atoms. The lowest BCUT2D eigenvalue weighted by molar-refractivity contribution is 0.0616. The van der Waals surface area contributed by atoms with E-state index in [2.05, 4.69) is 18.9 Å². The lowest BCUT2D eigenvalue weighted by Gasteiger charge is -2.34. The van der Waals surface area contributed by atoms with Crippen molar-refractivity contribution in [1.29, 1.82) is 0 Å². The molecule has 0 unspecified atom stereocenters. The van der Waals surface area contributed by atoms with Crippen molar-refractivity contribution in [3.05, 3.63) is 18.0 Å². The summed E-state index contributed by atoms with van der Waals surface area (Å²) in [6, 6.07) is 1.82. The SMILES string of the molecule is CCn1ccc(C(=O)N2C[C@H](C)C[C@@H](C)C2)n1. The molecular formula is C13H21N3O. The van der Waals surface area contributed by atoms with Gasteiger partial charge < -0.3 is 4.90 Å². The van der Waals surface area contributed by atoms with Crippen LogP contribution in [0.1, 0.15) is 37.7 Å². The van der Waals surface area contributed by atoms with Crippen LogP contribution in [0.15, 0.2) is 12.3 Å². The highest BCUT2D eigenvalue weighted by atomic mass is 16.2. The van der Waals surface area contributed by atoms with Gasteiger partial charge in [0.1, 0.15) is 5.69 Å². The molecule has 4 heteroatoms. The summed E-state index contributed by atoms with van der Waals surface area (Å²) in [5.74, 6) is 1.27. The molecule has 2 heterocycles. The lowest BCUT2D eigenvalue weighted by atomic mass is 9.92. The monoisotopic (exact) mass is 235 g/mol. The zero-order valence-electron chi connectivity index (χ0n) is 10.9. The van der Waals surface area contributed by atoms with Crippen molar-refractivity contribution < 1.29 is 4.79 Å². The van der Waals surface area contributed by atoms with Crippen LogP contribution in [-0.2, 0) is 6.54 Å². The summed E-state index contributed by atoms with van der Waals surface area (Å²) >= 11 is 0. The third kappa shape index (κ3) is 2.68. The number of piperidine rings is 1. The highest BCUT2D eigenvalue weighted by molar-refractivity contribution is 5.92.